The third-order valence-corrected chi connectivity index (χ3v) is 2.42. The quantitative estimate of drug-likeness (QED) is 0.848. The van der Waals surface area contributed by atoms with Crippen molar-refractivity contribution >= 4 is 15.9 Å². The number of aliphatic hydroxyl groups is 2. The fraction of sp³-hybridized carbons (Fsp3) is 0.400. The molecule has 0 saturated carbocycles. The van der Waals surface area contributed by atoms with E-state index in [2.05, 4.69) is 15.9 Å². The van der Waals surface area contributed by atoms with Crippen LogP contribution >= 0.6 is 15.9 Å². The van der Waals surface area contributed by atoms with Crippen molar-refractivity contribution in [3.63, 3.8) is 0 Å². The molecule has 0 bridgehead atoms. The van der Waals surface area contributed by atoms with Crippen LogP contribution in [0.25, 0.3) is 0 Å². The minimum Gasteiger partial charge on any atom is -0.394 e. The van der Waals surface area contributed by atoms with Gasteiger partial charge in [-0.05, 0) is 30.5 Å². The van der Waals surface area contributed by atoms with Gasteiger partial charge in [-0.25, -0.2) is 0 Å². The lowest BCUT2D eigenvalue weighted by Gasteiger charge is -2.06. The van der Waals surface area contributed by atoms with Gasteiger partial charge in [0.05, 0.1) is 12.7 Å². The maximum absolute atomic E-state index is 9.11. The lowest BCUT2D eigenvalue weighted by atomic mass is 10.1. The van der Waals surface area contributed by atoms with Crippen LogP contribution in [0.2, 0.25) is 0 Å². The Morgan fingerprint density at radius 1 is 1.23 bits per heavy atom. The Labute approximate surface area is 86.3 Å². The van der Waals surface area contributed by atoms with Crippen molar-refractivity contribution in [2.45, 2.75) is 18.9 Å². The molecule has 72 valence electrons. The summed E-state index contributed by atoms with van der Waals surface area (Å²) in [6.07, 6.45) is 0.816. The summed E-state index contributed by atoms with van der Waals surface area (Å²) in [7, 11) is 0. The molecule has 0 unspecified atom stereocenters. The number of rotatable bonds is 4. The number of aliphatic hydroxyl groups excluding tert-OH is 2. The van der Waals surface area contributed by atoms with E-state index in [9.17, 15) is 0 Å². The molecule has 0 aliphatic rings. The first kappa shape index (κ1) is 10.7. The molecule has 0 aliphatic carbocycles. The predicted molar refractivity (Wildman–Crippen MR) is 55.6 cm³/mol. The summed E-state index contributed by atoms with van der Waals surface area (Å²) in [6.45, 7) is -0.156. The fourth-order valence-electron chi connectivity index (χ4n) is 1.08. The molecule has 0 fully saturated rings. The predicted octanol–water partition coefficient (Wildman–Crippen LogP) is 1.73. The highest BCUT2D eigenvalue weighted by molar-refractivity contribution is 9.10. The first-order valence-corrected chi connectivity index (χ1v) is 5.05. The topological polar surface area (TPSA) is 40.5 Å². The number of hydrogen-bond donors (Lipinski definition) is 2. The Morgan fingerprint density at radius 3 is 2.38 bits per heavy atom. The van der Waals surface area contributed by atoms with E-state index in [-0.39, 0.29) is 6.61 Å². The van der Waals surface area contributed by atoms with Crippen LogP contribution in [0, 0.1) is 0 Å². The van der Waals surface area contributed by atoms with E-state index in [1.54, 1.807) is 0 Å². The van der Waals surface area contributed by atoms with E-state index in [0.717, 1.165) is 10.9 Å². The zero-order valence-electron chi connectivity index (χ0n) is 7.28. The first-order valence-electron chi connectivity index (χ1n) is 4.25. The van der Waals surface area contributed by atoms with Crippen LogP contribution in [-0.2, 0) is 6.42 Å². The van der Waals surface area contributed by atoms with Crippen LogP contribution < -0.4 is 0 Å². The Bertz CT molecular complexity index is 246. The fourth-order valence-corrected chi connectivity index (χ4v) is 1.34. The van der Waals surface area contributed by atoms with Crippen LogP contribution in [-0.4, -0.2) is 22.9 Å². The third kappa shape index (κ3) is 3.89. The van der Waals surface area contributed by atoms with Gasteiger partial charge in [-0.15, -0.1) is 0 Å². The van der Waals surface area contributed by atoms with E-state index < -0.39 is 6.10 Å². The molecule has 2 nitrogen and oxygen atoms in total. The summed E-state index contributed by atoms with van der Waals surface area (Å²) in [4.78, 5) is 0. The van der Waals surface area contributed by atoms with Gasteiger partial charge in [0.2, 0.25) is 0 Å². The highest BCUT2D eigenvalue weighted by Crippen LogP contribution is 2.12. The molecule has 1 atom stereocenters. The van der Waals surface area contributed by atoms with Crippen LogP contribution in [0.5, 0.6) is 0 Å². The molecule has 3 heteroatoms. The van der Waals surface area contributed by atoms with Crippen molar-refractivity contribution in [2.24, 2.45) is 0 Å². The van der Waals surface area contributed by atoms with Crippen molar-refractivity contribution in [3.05, 3.63) is 34.3 Å². The van der Waals surface area contributed by atoms with Gasteiger partial charge < -0.3 is 10.2 Å². The zero-order valence-corrected chi connectivity index (χ0v) is 8.87. The number of aryl methyl sites for hydroxylation is 1. The highest BCUT2D eigenvalue weighted by atomic mass is 79.9. The molecular weight excluding hydrogens is 232 g/mol. The van der Waals surface area contributed by atoms with Crippen molar-refractivity contribution in [1.82, 2.24) is 0 Å². The molecule has 0 amide bonds. The molecule has 1 aromatic rings. The van der Waals surface area contributed by atoms with Gasteiger partial charge in [0, 0.05) is 4.47 Å². The summed E-state index contributed by atoms with van der Waals surface area (Å²) in [5.74, 6) is 0. The molecule has 2 N–H and O–H groups in total. The lowest BCUT2D eigenvalue weighted by molar-refractivity contribution is 0.0886. The largest absolute Gasteiger partial charge is 0.394 e. The Morgan fingerprint density at radius 2 is 1.85 bits per heavy atom. The van der Waals surface area contributed by atoms with Gasteiger partial charge in [0.15, 0.2) is 0 Å². The minimum absolute atomic E-state index is 0.156. The monoisotopic (exact) mass is 244 g/mol. The van der Waals surface area contributed by atoms with Crippen molar-refractivity contribution in [1.29, 1.82) is 0 Å². The molecule has 1 rings (SSSR count). The third-order valence-electron chi connectivity index (χ3n) is 1.89. The van der Waals surface area contributed by atoms with E-state index in [1.807, 2.05) is 24.3 Å². The normalized spacial score (nSPS) is 12.8. The second-order valence-corrected chi connectivity index (χ2v) is 3.92. The molecule has 0 heterocycles. The molecule has 0 saturated heterocycles. The molecule has 0 radical (unpaired) electrons. The molecule has 0 aromatic heterocycles. The van der Waals surface area contributed by atoms with Crippen molar-refractivity contribution in [2.75, 3.05) is 6.61 Å². The highest BCUT2D eigenvalue weighted by Gasteiger charge is 2.01. The lowest BCUT2D eigenvalue weighted by Crippen LogP contribution is -2.12. The maximum atomic E-state index is 9.11. The second-order valence-electron chi connectivity index (χ2n) is 3.00. The Hall–Kier alpha value is -0.380. The minimum atomic E-state index is -0.594. The van der Waals surface area contributed by atoms with E-state index in [0.29, 0.717) is 6.42 Å². The second kappa shape index (κ2) is 5.37. The average Bonchev–Trinajstić information content (AvgIpc) is 2.16. The maximum Gasteiger partial charge on any atom is 0.0774 e. The van der Waals surface area contributed by atoms with E-state index >= 15 is 0 Å². The molecular formula is C10H13BrO2. The van der Waals surface area contributed by atoms with E-state index in [1.165, 1.54) is 5.56 Å². The average molecular weight is 245 g/mol. The van der Waals surface area contributed by atoms with Gasteiger partial charge in [-0.2, -0.15) is 0 Å². The summed E-state index contributed by atoms with van der Waals surface area (Å²) < 4.78 is 1.05. The van der Waals surface area contributed by atoms with Crippen LogP contribution in [0.3, 0.4) is 0 Å². The van der Waals surface area contributed by atoms with Gasteiger partial charge in [0.25, 0.3) is 0 Å². The standard InChI is InChI=1S/C10H13BrO2/c11-9-4-1-8(2-5-9)3-6-10(13)7-12/h1-2,4-5,10,12-13H,3,6-7H2/t10-/m1/s1. The first-order chi connectivity index (χ1) is 6.22. The van der Waals surface area contributed by atoms with Gasteiger partial charge in [-0.1, -0.05) is 28.1 Å². The van der Waals surface area contributed by atoms with E-state index in [4.69, 9.17) is 10.2 Å². The van der Waals surface area contributed by atoms with Crippen molar-refractivity contribution in [3.8, 4) is 0 Å². The summed E-state index contributed by atoms with van der Waals surface area (Å²) in [5, 5.41) is 17.7. The van der Waals surface area contributed by atoms with Gasteiger partial charge in [0.1, 0.15) is 0 Å². The van der Waals surface area contributed by atoms with Crippen LogP contribution in [0.1, 0.15) is 12.0 Å². The van der Waals surface area contributed by atoms with Crippen molar-refractivity contribution < 1.29 is 10.2 Å². The number of halogens is 1. The molecule has 0 spiro atoms. The smallest absolute Gasteiger partial charge is 0.0774 e. The van der Waals surface area contributed by atoms with Gasteiger partial charge >= 0.3 is 0 Å². The number of benzene rings is 1. The summed E-state index contributed by atoms with van der Waals surface area (Å²) in [6, 6.07) is 7.96. The number of hydrogen-bond acceptors (Lipinski definition) is 2. The molecule has 0 aliphatic heterocycles. The van der Waals surface area contributed by atoms with Crippen LogP contribution in [0.15, 0.2) is 28.7 Å². The zero-order chi connectivity index (χ0) is 9.68. The van der Waals surface area contributed by atoms with Crippen LogP contribution in [0.4, 0.5) is 0 Å². The SMILES string of the molecule is OC[C@H](O)CCc1ccc(Br)cc1. The molecule has 13 heavy (non-hydrogen) atoms. The van der Waals surface area contributed by atoms with Gasteiger partial charge in [-0.3, -0.25) is 0 Å². The Kier molecular flexibility index (Phi) is 4.42. The Balaban J connectivity index is 2.41. The summed E-state index contributed by atoms with van der Waals surface area (Å²) >= 11 is 3.35. The summed E-state index contributed by atoms with van der Waals surface area (Å²) in [5.41, 5.74) is 1.18. The molecule has 1 aromatic carbocycles.